The van der Waals surface area contributed by atoms with Crippen molar-refractivity contribution in [1.82, 2.24) is 10.2 Å². The second-order valence-electron chi connectivity index (χ2n) is 7.59. The summed E-state index contributed by atoms with van der Waals surface area (Å²) in [4.78, 5) is 29.0. The Labute approximate surface area is 186 Å². The SMILES string of the molecule is COc1ccc([C@@H](CNC(=O)c2ccccc2C(=O)c2cccs2)N2CCCC2)cc1. The summed E-state index contributed by atoms with van der Waals surface area (Å²) >= 11 is 1.38. The Balaban J connectivity index is 1.52. The van der Waals surface area contributed by atoms with Crippen LogP contribution in [0.2, 0.25) is 0 Å². The normalized spacial score (nSPS) is 14.9. The Bertz CT molecular complexity index is 1030. The minimum Gasteiger partial charge on any atom is -0.497 e. The molecule has 2 heterocycles. The first kappa shape index (κ1) is 21.3. The molecule has 1 aliphatic heterocycles. The fraction of sp³-hybridized carbons (Fsp3) is 0.280. The van der Waals surface area contributed by atoms with E-state index in [1.165, 1.54) is 24.2 Å². The summed E-state index contributed by atoms with van der Waals surface area (Å²) in [5.41, 5.74) is 1.99. The number of nitrogens with one attached hydrogen (secondary N) is 1. The molecule has 1 atom stereocenters. The van der Waals surface area contributed by atoms with Crippen molar-refractivity contribution in [3.05, 3.63) is 87.6 Å². The number of rotatable bonds is 8. The Morgan fingerprint density at radius 2 is 1.71 bits per heavy atom. The van der Waals surface area contributed by atoms with E-state index in [0.717, 1.165) is 24.4 Å². The van der Waals surface area contributed by atoms with Crippen molar-refractivity contribution in [2.24, 2.45) is 0 Å². The van der Waals surface area contributed by atoms with Crippen molar-refractivity contribution in [2.45, 2.75) is 18.9 Å². The van der Waals surface area contributed by atoms with Crippen LogP contribution in [0, 0.1) is 0 Å². The molecule has 0 radical (unpaired) electrons. The molecule has 3 aromatic rings. The lowest BCUT2D eigenvalue weighted by Gasteiger charge is -2.28. The van der Waals surface area contributed by atoms with E-state index in [0.29, 0.717) is 22.5 Å². The standard InChI is InChI=1S/C25H26N2O3S/c1-30-19-12-10-18(11-13-19)22(27-14-4-5-15-27)17-26-25(29)21-8-3-2-7-20(21)24(28)23-9-6-16-31-23/h2-3,6-13,16,22H,4-5,14-15,17H2,1H3,(H,26,29)/t22-/m1/s1. The van der Waals surface area contributed by atoms with Gasteiger partial charge in [0.05, 0.1) is 23.6 Å². The van der Waals surface area contributed by atoms with Gasteiger partial charge in [0.1, 0.15) is 5.75 Å². The highest BCUT2D eigenvalue weighted by molar-refractivity contribution is 7.12. The predicted molar refractivity (Wildman–Crippen MR) is 123 cm³/mol. The van der Waals surface area contributed by atoms with Gasteiger partial charge in [0, 0.05) is 12.1 Å². The van der Waals surface area contributed by atoms with Gasteiger partial charge < -0.3 is 10.1 Å². The minimum atomic E-state index is -0.224. The van der Waals surface area contributed by atoms with Crippen LogP contribution in [0.4, 0.5) is 0 Å². The van der Waals surface area contributed by atoms with E-state index in [-0.39, 0.29) is 17.7 Å². The topological polar surface area (TPSA) is 58.6 Å². The molecule has 0 bridgehead atoms. The lowest BCUT2D eigenvalue weighted by Crippen LogP contribution is -2.37. The van der Waals surface area contributed by atoms with E-state index in [9.17, 15) is 9.59 Å². The number of methoxy groups -OCH3 is 1. The zero-order valence-electron chi connectivity index (χ0n) is 17.5. The first-order chi connectivity index (χ1) is 15.2. The molecule has 0 unspecified atom stereocenters. The van der Waals surface area contributed by atoms with Crippen molar-refractivity contribution >= 4 is 23.0 Å². The molecule has 5 nitrogen and oxygen atoms in total. The van der Waals surface area contributed by atoms with Crippen LogP contribution in [0.25, 0.3) is 0 Å². The number of likely N-dealkylation sites (tertiary alicyclic amines) is 1. The Hall–Kier alpha value is -2.96. The highest BCUT2D eigenvalue weighted by Gasteiger charge is 2.25. The van der Waals surface area contributed by atoms with E-state index in [1.807, 2.05) is 23.6 Å². The maximum absolute atomic E-state index is 13.1. The van der Waals surface area contributed by atoms with Crippen molar-refractivity contribution in [1.29, 1.82) is 0 Å². The second kappa shape index (κ2) is 9.90. The number of hydrogen-bond donors (Lipinski definition) is 1. The van der Waals surface area contributed by atoms with Gasteiger partial charge in [0.25, 0.3) is 5.91 Å². The van der Waals surface area contributed by atoms with Crippen LogP contribution in [-0.4, -0.2) is 43.3 Å². The number of ketones is 1. The summed E-state index contributed by atoms with van der Waals surface area (Å²) in [7, 11) is 1.65. The molecule has 4 rings (SSSR count). The van der Waals surface area contributed by atoms with Crippen LogP contribution in [0.15, 0.2) is 66.0 Å². The van der Waals surface area contributed by atoms with Crippen molar-refractivity contribution in [3.63, 3.8) is 0 Å². The summed E-state index contributed by atoms with van der Waals surface area (Å²) < 4.78 is 5.28. The summed E-state index contributed by atoms with van der Waals surface area (Å²) in [5, 5.41) is 4.95. The second-order valence-corrected chi connectivity index (χ2v) is 8.54. The molecule has 0 spiro atoms. The van der Waals surface area contributed by atoms with Gasteiger partial charge in [0.15, 0.2) is 0 Å². The van der Waals surface area contributed by atoms with Crippen LogP contribution in [0.1, 0.15) is 50.0 Å². The predicted octanol–water partition coefficient (Wildman–Crippen LogP) is 4.55. The zero-order chi connectivity index (χ0) is 21.6. The lowest BCUT2D eigenvalue weighted by atomic mass is 10.0. The van der Waals surface area contributed by atoms with Crippen LogP contribution < -0.4 is 10.1 Å². The lowest BCUT2D eigenvalue weighted by molar-refractivity contribution is 0.0928. The number of carbonyl (C=O) groups excluding carboxylic acids is 2. The summed E-state index contributed by atoms with van der Waals surface area (Å²) in [6.45, 7) is 2.51. The number of amides is 1. The molecule has 1 N–H and O–H groups in total. The summed E-state index contributed by atoms with van der Waals surface area (Å²) in [6.07, 6.45) is 2.33. The van der Waals surface area contributed by atoms with Gasteiger partial charge in [-0.15, -0.1) is 11.3 Å². The average Bonchev–Trinajstić information content (AvgIpc) is 3.54. The molecule has 1 aliphatic rings. The Morgan fingerprint density at radius 1 is 1.00 bits per heavy atom. The van der Waals surface area contributed by atoms with E-state index < -0.39 is 0 Å². The fourth-order valence-corrected chi connectivity index (χ4v) is 4.72. The number of thiophene rings is 1. The number of hydrogen-bond acceptors (Lipinski definition) is 5. The zero-order valence-corrected chi connectivity index (χ0v) is 18.4. The molecular weight excluding hydrogens is 408 g/mol. The molecule has 6 heteroatoms. The molecule has 0 aliphatic carbocycles. The first-order valence-electron chi connectivity index (χ1n) is 10.5. The fourth-order valence-electron chi connectivity index (χ4n) is 4.04. The van der Waals surface area contributed by atoms with Gasteiger partial charge in [-0.25, -0.2) is 0 Å². The van der Waals surface area contributed by atoms with Gasteiger partial charge in [-0.2, -0.15) is 0 Å². The van der Waals surface area contributed by atoms with Gasteiger partial charge in [-0.3, -0.25) is 14.5 Å². The third-order valence-corrected chi connectivity index (χ3v) is 6.57. The molecule has 160 valence electrons. The van der Waals surface area contributed by atoms with Crippen LogP contribution in [0.5, 0.6) is 5.75 Å². The summed E-state index contributed by atoms with van der Waals surface area (Å²) in [6, 6.07) is 18.8. The molecule has 31 heavy (non-hydrogen) atoms. The van der Waals surface area contributed by atoms with Crippen molar-refractivity contribution in [2.75, 3.05) is 26.7 Å². The quantitative estimate of drug-likeness (QED) is 0.528. The number of carbonyl (C=O) groups is 2. The Morgan fingerprint density at radius 3 is 2.35 bits per heavy atom. The Kier molecular flexibility index (Phi) is 6.79. The van der Waals surface area contributed by atoms with E-state index in [2.05, 4.69) is 22.3 Å². The smallest absolute Gasteiger partial charge is 0.252 e. The highest BCUT2D eigenvalue weighted by Crippen LogP contribution is 2.26. The molecular formula is C25H26N2O3S. The van der Waals surface area contributed by atoms with Gasteiger partial charge >= 0.3 is 0 Å². The van der Waals surface area contributed by atoms with E-state index in [1.54, 1.807) is 37.4 Å². The van der Waals surface area contributed by atoms with E-state index >= 15 is 0 Å². The van der Waals surface area contributed by atoms with Crippen LogP contribution in [-0.2, 0) is 0 Å². The number of nitrogens with zero attached hydrogens (tertiary/aromatic N) is 1. The van der Waals surface area contributed by atoms with E-state index in [4.69, 9.17) is 4.74 Å². The number of benzene rings is 2. The molecule has 1 fully saturated rings. The van der Waals surface area contributed by atoms with Crippen LogP contribution in [0.3, 0.4) is 0 Å². The average molecular weight is 435 g/mol. The number of ether oxygens (including phenoxy) is 1. The molecule has 1 aromatic heterocycles. The molecule has 0 saturated carbocycles. The third-order valence-electron chi connectivity index (χ3n) is 5.70. The van der Waals surface area contributed by atoms with Crippen molar-refractivity contribution < 1.29 is 14.3 Å². The minimum absolute atomic E-state index is 0.0810. The first-order valence-corrected chi connectivity index (χ1v) is 11.4. The molecule has 2 aromatic carbocycles. The van der Waals surface area contributed by atoms with Crippen LogP contribution >= 0.6 is 11.3 Å². The third kappa shape index (κ3) is 4.86. The molecule has 1 saturated heterocycles. The highest BCUT2D eigenvalue weighted by atomic mass is 32.1. The van der Waals surface area contributed by atoms with Gasteiger partial charge in [-0.05, 0) is 61.1 Å². The monoisotopic (exact) mass is 434 g/mol. The molecule has 1 amide bonds. The maximum Gasteiger partial charge on any atom is 0.252 e. The van der Waals surface area contributed by atoms with Gasteiger partial charge in [0.2, 0.25) is 5.78 Å². The summed E-state index contributed by atoms with van der Waals surface area (Å²) in [5.74, 6) is 0.471. The largest absolute Gasteiger partial charge is 0.497 e. The van der Waals surface area contributed by atoms with Gasteiger partial charge in [-0.1, -0.05) is 36.4 Å². The van der Waals surface area contributed by atoms with Crippen molar-refractivity contribution in [3.8, 4) is 5.75 Å². The maximum atomic E-state index is 13.1.